The summed E-state index contributed by atoms with van der Waals surface area (Å²) in [5.41, 5.74) is 0.991. The summed E-state index contributed by atoms with van der Waals surface area (Å²) in [6.45, 7) is 5.66. The minimum absolute atomic E-state index is 0.233. The minimum atomic E-state index is -0.233. The highest BCUT2D eigenvalue weighted by Crippen LogP contribution is 2.27. The third-order valence-corrected chi connectivity index (χ3v) is 4.25. The predicted molar refractivity (Wildman–Crippen MR) is 80.7 cm³/mol. The van der Waals surface area contributed by atoms with Crippen molar-refractivity contribution in [1.29, 1.82) is 0 Å². The highest BCUT2D eigenvalue weighted by molar-refractivity contribution is 5.32. The lowest BCUT2D eigenvalue weighted by molar-refractivity contribution is 0.186. The Morgan fingerprint density at radius 1 is 1.30 bits per heavy atom. The number of nitrogens with one attached hydrogen (secondary N) is 1. The molecule has 1 aromatic rings. The summed E-state index contributed by atoms with van der Waals surface area (Å²) in [5.74, 6) is 1.13. The quantitative estimate of drug-likeness (QED) is 0.847. The number of likely N-dealkylation sites (N-methyl/N-ethyl adjacent to an activating group) is 1. The van der Waals surface area contributed by atoms with Crippen LogP contribution in [0.25, 0.3) is 0 Å². The molecule has 112 valence electrons. The van der Waals surface area contributed by atoms with Crippen LogP contribution in [0.1, 0.15) is 44.6 Å². The number of halogens is 1. The Morgan fingerprint density at radius 3 is 2.75 bits per heavy atom. The van der Waals surface area contributed by atoms with E-state index in [0.717, 1.165) is 12.1 Å². The van der Waals surface area contributed by atoms with Crippen LogP contribution in [0.3, 0.4) is 0 Å². The second kappa shape index (κ2) is 7.63. The van der Waals surface area contributed by atoms with Gasteiger partial charge in [-0.15, -0.1) is 0 Å². The molecule has 0 spiro atoms. The maximum atomic E-state index is 13.3. The molecule has 2 rings (SSSR count). The van der Waals surface area contributed by atoms with Gasteiger partial charge in [0.25, 0.3) is 0 Å². The minimum Gasteiger partial charge on any atom is -0.492 e. The van der Waals surface area contributed by atoms with Gasteiger partial charge in [-0.3, -0.25) is 0 Å². The molecule has 1 fully saturated rings. The van der Waals surface area contributed by atoms with Crippen LogP contribution in [-0.4, -0.2) is 19.2 Å². The third-order valence-electron chi connectivity index (χ3n) is 4.25. The van der Waals surface area contributed by atoms with Gasteiger partial charge in [0.2, 0.25) is 0 Å². The Hall–Kier alpha value is -1.09. The fourth-order valence-corrected chi connectivity index (χ4v) is 3.07. The number of ether oxygens (including phenoxy) is 1. The van der Waals surface area contributed by atoms with Gasteiger partial charge in [-0.05, 0) is 43.9 Å². The smallest absolute Gasteiger partial charge is 0.126 e. The molecular formula is C17H26FNO. The van der Waals surface area contributed by atoms with Gasteiger partial charge in [0.05, 0.1) is 0 Å². The zero-order valence-electron chi connectivity index (χ0n) is 12.6. The molecule has 0 amide bonds. The van der Waals surface area contributed by atoms with Crippen LogP contribution >= 0.6 is 0 Å². The van der Waals surface area contributed by atoms with Crippen molar-refractivity contribution in [1.82, 2.24) is 5.32 Å². The number of aryl methyl sites for hydroxylation is 1. The van der Waals surface area contributed by atoms with E-state index in [-0.39, 0.29) is 5.82 Å². The first kappa shape index (κ1) is 15.3. The van der Waals surface area contributed by atoms with E-state index in [9.17, 15) is 4.39 Å². The molecule has 20 heavy (non-hydrogen) atoms. The van der Waals surface area contributed by atoms with Crippen LogP contribution < -0.4 is 10.1 Å². The molecule has 1 saturated carbocycles. The van der Waals surface area contributed by atoms with E-state index in [0.29, 0.717) is 24.3 Å². The maximum Gasteiger partial charge on any atom is 0.126 e. The lowest BCUT2D eigenvalue weighted by Crippen LogP contribution is -2.41. The molecule has 0 aromatic heterocycles. The molecule has 0 heterocycles. The summed E-state index contributed by atoms with van der Waals surface area (Å²) in [6, 6.07) is 5.11. The summed E-state index contributed by atoms with van der Waals surface area (Å²) in [4.78, 5) is 0. The topological polar surface area (TPSA) is 21.3 Å². The average Bonchev–Trinajstić information content (AvgIpc) is 2.47. The van der Waals surface area contributed by atoms with E-state index >= 15 is 0 Å². The number of hydrogen-bond donors (Lipinski definition) is 1. The summed E-state index contributed by atoms with van der Waals surface area (Å²) in [7, 11) is 0. The molecule has 0 bridgehead atoms. The molecule has 1 unspecified atom stereocenters. The first-order valence-corrected chi connectivity index (χ1v) is 7.83. The molecule has 1 aliphatic carbocycles. The summed E-state index contributed by atoms with van der Waals surface area (Å²) in [6.07, 6.45) is 6.57. The summed E-state index contributed by atoms with van der Waals surface area (Å²) >= 11 is 0. The molecule has 1 N–H and O–H groups in total. The van der Waals surface area contributed by atoms with E-state index in [1.165, 1.54) is 44.2 Å². The van der Waals surface area contributed by atoms with Crippen LogP contribution in [-0.2, 0) is 0 Å². The monoisotopic (exact) mass is 279 g/mol. The van der Waals surface area contributed by atoms with Gasteiger partial charge in [-0.2, -0.15) is 0 Å². The highest BCUT2D eigenvalue weighted by atomic mass is 19.1. The van der Waals surface area contributed by atoms with Crippen molar-refractivity contribution in [2.24, 2.45) is 5.92 Å². The van der Waals surface area contributed by atoms with Crippen LogP contribution in [0.4, 0.5) is 4.39 Å². The van der Waals surface area contributed by atoms with Crippen molar-refractivity contribution in [3.63, 3.8) is 0 Å². The number of rotatable bonds is 6. The zero-order valence-corrected chi connectivity index (χ0v) is 12.6. The maximum absolute atomic E-state index is 13.3. The Labute approximate surface area is 121 Å². The zero-order chi connectivity index (χ0) is 14.4. The predicted octanol–water partition coefficient (Wildman–Crippen LogP) is 4.07. The van der Waals surface area contributed by atoms with Gasteiger partial charge in [0.15, 0.2) is 0 Å². The van der Waals surface area contributed by atoms with E-state index in [2.05, 4.69) is 12.2 Å². The average molecular weight is 279 g/mol. The molecule has 3 heteroatoms. The molecule has 0 saturated heterocycles. The molecule has 1 aromatic carbocycles. The van der Waals surface area contributed by atoms with Gasteiger partial charge in [0.1, 0.15) is 18.2 Å². The van der Waals surface area contributed by atoms with Gasteiger partial charge in [0, 0.05) is 12.1 Å². The Bertz CT molecular complexity index is 415. The molecule has 0 aliphatic heterocycles. The highest BCUT2D eigenvalue weighted by Gasteiger charge is 2.23. The third kappa shape index (κ3) is 4.20. The molecule has 1 atom stereocenters. The summed E-state index contributed by atoms with van der Waals surface area (Å²) < 4.78 is 19.2. The van der Waals surface area contributed by atoms with Crippen molar-refractivity contribution in [2.75, 3.05) is 13.2 Å². The van der Waals surface area contributed by atoms with Crippen molar-refractivity contribution in [3.8, 4) is 5.75 Å². The molecule has 0 radical (unpaired) electrons. The standard InChI is InChI=1S/C17H26FNO/c1-3-19-16(14-7-5-4-6-8-14)12-20-17-11-15(18)10-9-13(17)2/h9-11,14,16,19H,3-8,12H2,1-2H3. The fourth-order valence-electron chi connectivity index (χ4n) is 3.07. The summed E-state index contributed by atoms with van der Waals surface area (Å²) in [5, 5.41) is 3.54. The molecule has 1 aliphatic rings. The number of benzene rings is 1. The first-order chi connectivity index (χ1) is 9.70. The van der Waals surface area contributed by atoms with Crippen molar-refractivity contribution >= 4 is 0 Å². The van der Waals surface area contributed by atoms with E-state index in [1.54, 1.807) is 6.07 Å². The van der Waals surface area contributed by atoms with Crippen LogP contribution in [0.5, 0.6) is 5.75 Å². The second-order valence-corrected chi connectivity index (χ2v) is 5.78. The molecule has 2 nitrogen and oxygen atoms in total. The van der Waals surface area contributed by atoms with E-state index in [4.69, 9.17) is 4.74 Å². The second-order valence-electron chi connectivity index (χ2n) is 5.78. The largest absolute Gasteiger partial charge is 0.492 e. The Morgan fingerprint density at radius 2 is 2.05 bits per heavy atom. The van der Waals surface area contributed by atoms with Crippen LogP contribution in [0, 0.1) is 18.7 Å². The van der Waals surface area contributed by atoms with E-state index < -0.39 is 0 Å². The molecular weight excluding hydrogens is 253 g/mol. The lowest BCUT2D eigenvalue weighted by atomic mass is 9.84. The van der Waals surface area contributed by atoms with Gasteiger partial charge >= 0.3 is 0 Å². The van der Waals surface area contributed by atoms with Crippen molar-refractivity contribution < 1.29 is 9.13 Å². The lowest BCUT2D eigenvalue weighted by Gasteiger charge is -2.31. The first-order valence-electron chi connectivity index (χ1n) is 7.83. The van der Waals surface area contributed by atoms with Gasteiger partial charge < -0.3 is 10.1 Å². The number of hydrogen-bond acceptors (Lipinski definition) is 2. The van der Waals surface area contributed by atoms with Crippen LogP contribution in [0.15, 0.2) is 18.2 Å². The Kier molecular flexibility index (Phi) is 5.84. The van der Waals surface area contributed by atoms with Gasteiger partial charge in [-0.1, -0.05) is 32.3 Å². The fraction of sp³-hybridized carbons (Fsp3) is 0.647. The Balaban J connectivity index is 1.95. The normalized spacial score (nSPS) is 17.9. The van der Waals surface area contributed by atoms with Crippen molar-refractivity contribution in [2.45, 2.75) is 52.0 Å². The van der Waals surface area contributed by atoms with Crippen molar-refractivity contribution in [3.05, 3.63) is 29.6 Å². The van der Waals surface area contributed by atoms with Crippen LogP contribution in [0.2, 0.25) is 0 Å². The van der Waals surface area contributed by atoms with Gasteiger partial charge in [-0.25, -0.2) is 4.39 Å². The van der Waals surface area contributed by atoms with E-state index in [1.807, 2.05) is 6.92 Å². The SMILES string of the molecule is CCNC(COc1cc(F)ccc1C)C1CCCCC1.